The Morgan fingerprint density at radius 3 is 2.43 bits per heavy atom. The predicted molar refractivity (Wildman–Crippen MR) is 25.6 cm³/mol. The summed E-state index contributed by atoms with van der Waals surface area (Å²) in [5.74, 6) is 0.681. The fourth-order valence-electron chi connectivity index (χ4n) is 0.479. The minimum Gasteiger partial charge on any atom is -0.345 e. The maximum Gasteiger partial charge on any atom is 0.138 e. The van der Waals surface area contributed by atoms with Gasteiger partial charge in [0.05, 0.1) is 0 Å². The van der Waals surface area contributed by atoms with Gasteiger partial charge in [-0.15, -0.1) is 0 Å². The molecular weight excluding hydrogens is 92.1 g/mol. The summed E-state index contributed by atoms with van der Waals surface area (Å²) in [6, 6.07) is 0. The van der Waals surface area contributed by atoms with Crippen LogP contribution in [0.25, 0.3) is 0 Å². The SMILES string of the molecule is CC(OO)=C1CC1. The van der Waals surface area contributed by atoms with Crippen LogP contribution >= 0.6 is 0 Å². The molecule has 1 saturated carbocycles. The molecule has 1 N–H and O–H groups in total. The van der Waals surface area contributed by atoms with Gasteiger partial charge in [-0.3, -0.25) is 0 Å². The molecule has 1 rings (SSSR count). The van der Waals surface area contributed by atoms with Crippen molar-refractivity contribution < 1.29 is 10.1 Å². The van der Waals surface area contributed by atoms with E-state index in [1.54, 1.807) is 6.92 Å². The zero-order valence-electron chi connectivity index (χ0n) is 4.27. The van der Waals surface area contributed by atoms with Crippen LogP contribution in [0, 0.1) is 0 Å². The van der Waals surface area contributed by atoms with E-state index in [0.717, 1.165) is 12.8 Å². The summed E-state index contributed by atoms with van der Waals surface area (Å²) in [6.45, 7) is 1.77. The molecule has 1 fully saturated rings. The van der Waals surface area contributed by atoms with Crippen molar-refractivity contribution in [3.8, 4) is 0 Å². The Morgan fingerprint density at radius 1 is 1.71 bits per heavy atom. The molecule has 0 heterocycles. The second kappa shape index (κ2) is 1.54. The highest BCUT2D eigenvalue weighted by Crippen LogP contribution is 2.31. The number of hydrogen-bond acceptors (Lipinski definition) is 2. The molecule has 0 aromatic heterocycles. The number of allylic oxidation sites excluding steroid dienone is 2. The molecule has 1 aliphatic carbocycles. The zero-order chi connectivity index (χ0) is 5.28. The van der Waals surface area contributed by atoms with Gasteiger partial charge in [0.2, 0.25) is 0 Å². The maximum absolute atomic E-state index is 7.99. The van der Waals surface area contributed by atoms with E-state index in [-0.39, 0.29) is 0 Å². The van der Waals surface area contributed by atoms with E-state index in [1.165, 1.54) is 5.57 Å². The van der Waals surface area contributed by atoms with E-state index in [1.807, 2.05) is 0 Å². The summed E-state index contributed by atoms with van der Waals surface area (Å²) in [4.78, 5) is 3.95. The first-order valence-corrected chi connectivity index (χ1v) is 2.34. The van der Waals surface area contributed by atoms with Gasteiger partial charge in [-0.2, -0.15) is 0 Å². The lowest BCUT2D eigenvalue weighted by molar-refractivity contribution is -0.202. The van der Waals surface area contributed by atoms with E-state index in [2.05, 4.69) is 4.89 Å². The first-order chi connectivity index (χ1) is 3.34. The Morgan fingerprint density at radius 2 is 2.29 bits per heavy atom. The van der Waals surface area contributed by atoms with Crippen LogP contribution in [0.4, 0.5) is 0 Å². The Kier molecular flexibility index (Phi) is 1.02. The molecule has 2 heteroatoms. The molecule has 0 saturated heterocycles. The van der Waals surface area contributed by atoms with Gasteiger partial charge in [-0.25, -0.2) is 5.26 Å². The largest absolute Gasteiger partial charge is 0.345 e. The molecule has 1 aliphatic rings. The van der Waals surface area contributed by atoms with Crippen molar-refractivity contribution in [2.24, 2.45) is 0 Å². The minimum absolute atomic E-state index is 0.681. The van der Waals surface area contributed by atoms with Crippen molar-refractivity contribution in [3.63, 3.8) is 0 Å². The van der Waals surface area contributed by atoms with E-state index >= 15 is 0 Å². The molecule has 7 heavy (non-hydrogen) atoms. The first kappa shape index (κ1) is 4.65. The Hall–Kier alpha value is -0.500. The van der Waals surface area contributed by atoms with Crippen molar-refractivity contribution >= 4 is 0 Å². The summed E-state index contributed by atoms with van der Waals surface area (Å²) in [7, 11) is 0. The van der Waals surface area contributed by atoms with Crippen molar-refractivity contribution in [2.75, 3.05) is 0 Å². The van der Waals surface area contributed by atoms with Crippen LogP contribution in [-0.2, 0) is 4.89 Å². The zero-order valence-corrected chi connectivity index (χ0v) is 4.27. The summed E-state index contributed by atoms with van der Waals surface area (Å²) in [5, 5.41) is 7.99. The van der Waals surface area contributed by atoms with E-state index in [4.69, 9.17) is 5.26 Å². The monoisotopic (exact) mass is 100 g/mol. The van der Waals surface area contributed by atoms with Crippen molar-refractivity contribution in [3.05, 3.63) is 11.3 Å². The average Bonchev–Trinajstić information content (AvgIpc) is 2.44. The minimum atomic E-state index is 0.681. The second-order valence-electron chi connectivity index (χ2n) is 1.75. The van der Waals surface area contributed by atoms with Gasteiger partial charge in [0.25, 0.3) is 0 Å². The van der Waals surface area contributed by atoms with Crippen molar-refractivity contribution in [1.82, 2.24) is 0 Å². The average molecular weight is 100 g/mol. The lowest BCUT2D eigenvalue weighted by Gasteiger charge is -1.88. The molecular formula is C5H8O2. The lowest BCUT2D eigenvalue weighted by atomic mass is 10.5. The van der Waals surface area contributed by atoms with E-state index < -0.39 is 0 Å². The van der Waals surface area contributed by atoms with Crippen LogP contribution in [0.5, 0.6) is 0 Å². The Balaban J connectivity index is 2.49. The van der Waals surface area contributed by atoms with Gasteiger partial charge in [0, 0.05) is 0 Å². The van der Waals surface area contributed by atoms with Gasteiger partial charge in [-0.1, -0.05) is 0 Å². The van der Waals surface area contributed by atoms with Crippen LogP contribution in [-0.4, -0.2) is 5.26 Å². The van der Waals surface area contributed by atoms with Crippen molar-refractivity contribution in [2.45, 2.75) is 19.8 Å². The van der Waals surface area contributed by atoms with E-state index in [0.29, 0.717) is 5.76 Å². The molecule has 2 nitrogen and oxygen atoms in total. The van der Waals surface area contributed by atoms with Gasteiger partial charge < -0.3 is 4.89 Å². The Bertz CT molecular complexity index is 98.6. The summed E-state index contributed by atoms with van der Waals surface area (Å²) in [5.41, 5.74) is 1.24. The molecule has 0 aromatic rings. The smallest absolute Gasteiger partial charge is 0.138 e. The second-order valence-corrected chi connectivity index (χ2v) is 1.75. The van der Waals surface area contributed by atoms with Crippen molar-refractivity contribution in [1.29, 1.82) is 0 Å². The topological polar surface area (TPSA) is 29.5 Å². The predicted octanol–water partition coefficient (Wildman–Crippen LogP) is 1.54. The van der Waals surface area contributed by atoms with Crippen LogP contribution in [0.1, 0.15) is 19.8 Å². The third kappa shape index (κ3) is 0.933. The molecule has 0 aromatic carbocycles. The molecule has 40 valence electrons. The molecule has 0 spiro atoms. The molecule has 0 aliphatic heterocycles. The maximum atomic E-state index is 7.99. The quantitative estimate of drug-likeness (QED) is 0.307. The summed E-state index contributed by atoms with van der Waals surface area (Å²) < 4.78 is 0. The lowest BCUT2D eigenvalue weighted by Crippen LogP contribution is -1.76. The third-order valence-corrected chi connectivity index (χ3v) is 1.13. The number of rotatable bonds is 1. The van der Waals surface area contributed by atoms with Gasteiger partial charge >= 0.3 is 0 Å². The van der Waals surface area contributed by atoms with Crippen LogP contribution in [0.3, 0.4) is 0 Å². The van der Waals surface area contributed by atoms with Gasteiger partial charge in [0.15, 0.2) is 0 Å². The molecule has 0 radical (unpaired) electrons. The summed E-state index contributed by atoms with van der Waals surface area (Å²) in [6.07, 6.45) is 2.21. The normalized spacial score (nSPS) is 16.6. The third-order valence-electron chi connectivity index (χ3n) is 1.13. The fraction of sp³-hybridized carbons (Fsp3) is 0.600. The molecule has 0 amide bonds. The van der Waals surface area contributed by atoms with Crippen LogP contribution in [0.2, 0.25) is 0 Å². The highest BCUT2D eigenvalue weighted by molar-refractivity contribution is 5.19. The highest BCUT2D eigenvalue weighted by atomic mass is 17.1. The first-order valence-electron chi connectivity index (χ1n) is 2.34. The number of hydrogen-bond donors (Lipinski definition) is 1. The van der Waals surface area contributed by atoms with Gasteiger partial charge in [-0.05, 0) is 25.3 Å². The fourth-order valence-corrected chi connectivity index (χ4v) is 0.479. The van der Waals surface area contributed by atoms with Gasteiger partial charge in [0.1, 0.15) is 5.76 Å². The molecule has 0 unspecified atom stereocenters. The Labute approximate surface area is 42.3 Å². The molecule has 0 bridgehead atoms. The summed E-state index contributed by atoms with van der Waals surface area (Å²) >= 11 is 0. The van der Waals surface area contributed by atoms with E-state index in [9.17, 15) is 0 Å². The van der Waals surface area contributed by atoms with Crippen LogP contribution in [0.15, 0.2) is 11.3 Å². The highest BCUT2D eigenvalue weighted by Gasteiger charge is 2.15. The molecule has 0 atom stereocenters. The van der Waals surface area contributed by atoms with Crippen LogP contribution < -0.4 is 0 Å². The standard InChI is InChI=1S/C5H8O2/c1-4(7-6)5-2-3-5/h6H,2-3H2,1H3.